The lowest BCUT2D eigenvalue weighted by Crippen LogP contribution is -2.34. The number of rotatable bonds is 2. The Bertz CT molecular complexity index is 644. The lowest BCUT2D eigenvalue weighted by Gasteiger charge is -2.12. The van der Waals surface area contributed by atoms with Crippen molar-refractivity contribution in [2.75, 3.05) is 5.32 Å². The predicted molar refractivity (Wildman–Crippen MR) is 89.0 cm³/mol. The third kappa shape index (κ3) is 3.88. The van der Waals surface area contributed by atoms with Crippen LogP contribution in [0.4, 0.5) is 5.69 Å². The molecule has 2 rings (SSSR count). The topological polar surface area (TPSA) is 41.1 Å². The number of anilines is 1. The van der Waals surface area contributed by atoms with Crippen LogP contribution in [-0.4, -0.2) is 11.0 Å². The molecule has 0 saturated carbocycles. The fourth-order valence-electron chi connectivity index (χ4n) is 1.69. The zero-order valence-corrected chi connectivity index (χ0v) is 13.2. The van der Waals surface area contributed by atoms with Crippen molar-refractivity contribution in [3.63, 3.8) is 0 Å². The van der Waals surface area contributed by atoms with Crippen LogP contribution in [0, 0.1) is 6.92 Å². The van der Waals surface area contributed by atoms with Gasteiger partial charge in [0.2, 0.25) is 0 Å². The highest BCUT2D eigenvalue weighted by atomic mass is 79.9. The van der Waals surface area contributed by atoms with Crippen molar-refractivity contribution in [3.05, 3.63) is 64.1 Å². The molecule has 0 fully saturated rings. The van der Waals surface area contributed by atoms with E-state index >= 15 is 0 Å². The van der Waals surface area contributed by atoms with Gasteiger partial charge in [-0.1, -0.05) is 34.1 Å². The molecule has 2 N–H and O–H groups in total. The Hall–Kier alpha value is -1.72. The standard InChI is InChI=1S/C15H13BrN2OS/c1-10-9-12(16)7-8-13(10)17-15(20)18-14(19)11-5-3-2-4-6-11/h2-9H,1H3,(H2,17,18,19,20). The molecule has 0 unspecified atom stereocenters. The van der Waals surface area contributed by atoms with Crippen LogP contribution in [-0.2, 0) is 0 Å². The molecule has 1 amide bonds. The maximum absolute atomic E-state index is 11.9. The van der Waals surface area contributed by atoms with E-state index in [0.29, 0.717) is 5.56 Å². The van der Waals surface area contributed by atoms with Crippen LogP contribution in [0.3, 0.4) is 0 Å². The summed E-state index contributed by atoms with van der Waals surface area (Å²) < 4.78 is 1.000. The fraction of sp³-hybridized carbons (Fsp3) is 0.0667. The third-order valence-corrected chi connectivity index (χ3v) is 3.40. The number of amides is 1. The molecule has 20 heavy (non-hydrogen) atoms. The van der Waals surface area contributed by atoms with Crippen LogP contribution in [0.1, 0.15) is 15.9 Å². The zero-order chi connectivity index (χ0) is 14.5. The Labute approximate surface area is 131 Å². The van der Waals surface area contributed by atoms with Crippen molar-refractivity contribution in [3.8, 4) is 0 Å². The first-order valence-corrected chi connectivity index (χ1v) is 7.20. The summed E-state index contributed by atoms with van der Waals surface area (Å²) in [5.41, 5.74) is 2.48. The van der Waals surface area contributed by atoms with Gasteiger partial charge in [-0.2, -0.15) is 0 Å². The summed E-state index contributed by atoms with van der Waals surface area (Å²) in [5, 5.41) is 5.95. The molecule has 0 aliphatic carbocycles. The van der Waals surface area contributed by atoms with Crippen LogP contribution in [0.25, 0.3) is 0 Å². The second-order valence-corrected chi connectivity index (χ2v) is 5.56. The Morgan fingerprint density at radius 1 is 1.15 bits per heavy atom. The highest BCUT2D eigenvalue weighted by Crippen LogP contribution is 2.19. The van der Waals surface area contributed by atoms with Gasteiger partial charge in [0.1, 0.15) is 0 Å². The van der Waals surface area contributed by atoms with Crippen LogP contribution >= 0.6 is 28.1 Å². The van der Waals surface area contributed by atoms with E-state index in [9.17, 15) is 4.79 Å². The monoisotopic (exact) mass is 348 g/mol. The van der Waals surface area contributed by atoms with Crippen LogP contribution < -0.4 is 10.6 Å². The summed E-state index contributed by atoms with van der Waals surface area (Å²) in [6.45, 7) is 1.97. The highest BCUT2D eigenvalue weighted by Gasteiger charge is 2.08. The van der Waals surface area contributed by atoms with Crippen molar-refractivity contribution in [2.45, 2.75) is 6.92 Å². The second kappa shape index (κ2) is 6.63. The van der Waals surface area contributed by atoms with E-state index in [0.717, 1.165) is 15.7 Å². The molecule has 2 aromatic rings. The van der Waals surface area contributed by atoms with Gasteiger partial charge < -0.3 is 5.32 Å². The number of carbonyl (C=O) groups excluding carboxylic acids is 1. The number of hydrogen-bond acceptors (Lipinski definition) is 2. The molecule has 5 heteroatoms. The smallest absolute Gasteiger partial charge is 0.257 e. The maximum Gasteiger partial charge on any atom is 0.257 e. The van der Waals surface area contributed by atoms with Gasteiger partial charge in [0.15, 0.2) is 5.11 Å². The van der Waals surface area contributed by atoms with Gasteiger partial charge >= 0.3 is 0 Å². The minimum Gasteiger partial charge on any atom is -0.332 e. The summed E-state index contributed by atoms with van der Waals surface area (Å²) >= 11 is 8.55. The first-order chi connectivity index (χ1) is 9.56. The molecule has 3 nitrogen and oxygen atoms in total. The molecular formula is C15H13BrN2OS. The number of carbonyl (C=O) groups is 1. The van der Waals surface area contributed by atoms with Gasteiger partial charge in [-0.05, 0) is 55.0 Å². The first kappa shape index (κ1) is 14.7. The van der Waals surface area contributed by atoms with Crippen molar-refractivity contribution >= 4 is 44.9 Å². The van der Waals surface area contributed by atoms with Crippen molar-refractivity contribution in [1.82, 2.24) is 5.32 Å². The Balaban J connectivity index is 2.01. The molecular weight excluding hydrogens is 336 g/mol. The number of nitrogens with one attached hydrogen (secondary N) is 2. The molecule has 0 atom stereocenters. The van der Waals surface area contributed by atoms with Crippen molar-refractivity contribution < 1.29 is 4.79 Å². The summed E-state index contributed by atoms with van der Waals surface area (Å²) in [5.74, 6) is -0.224. The summed E-state index contributed by atoms with van der Waals surface area (Å²) in [7, 11) is 0. The van der Waals surface area contributed by atoms with Gasteiger partial charge in [-0.3, -0.25) is 10.1 Å². The molecule has 0 aromatic heterocycles. The quantitative estimate of drug-likeness (QED) is 0.809. The Kier molecular flexibility index (Phi) is 4.87. The van der Waals surface area contributed by atoms with E-state index in [4.69, 9.17) is 12.2 Å². The van der Waals surface area contributed by atoms with Crippen LogP contribution in [0.15, 0.2) is 53.0 Å². The molecule has 0 bridgehead atoms. The van der Waals surface area contributed by atoms with E-state index in [-0.39, 0.29) is 11.0 Å². The number of halogens is 1. The Morgan fingerprint density at radius 3 is 2.50 bits per heavy atom. The van der Waals surface area contributed by atoms with E-state index < -0.39 is 0 Å². The van der Waals surface area contributed by atoms with E-state index in [1.807, 2.05) is 43.3 Å². The Morgan fingerprint density at radius 2 is 1.85 bits per heavy atom. The lowest BCUT2D eigenvalue weighted by molar-refractivity contribution is 0.0978. The summed E-state index contributed by atoms with van der Waals surface area (Å²) in [6.07, 6.45) is 0. The fourth-order valence-corrected chi connectivity index (χ4v) is 2.36. The normalized spacial score (nSPS) is 9.90. The minimum atomic E-state index is -0.224. The van der Waals surface area contributed by atoms with Crippen molar-refractivity contribution in [2.24, 2.45) is 0 Å². The van der Waals surface area contributed by atoms with Crippen LogP contribution in [0.5, 0.6) is 0 Å². The molecule has 0 aliphatic heterocycles. The molecule has 0 radical (unpaired) electrons. The zero-order valence-electron chi connectivity index (χ0n) is 10.8. The van der Waals surface area contributed by atoms with Crippen LogP contribution in [0.2, 0.25) is 0 Å². The molecule has 0 aliphatic rings. The number of thiocarbonyl (C=S) groups is 1. The predicted octanol–water partition coefficient (Wildman–Crippen LogP) is 3.88. The molecule has 0 spiro atoms. The number of benzene rings is 2. The van der Waals surface area contributed by atoms with Crippen molar-refractivity contribution in [1.29, 1.82) is 0 Å². The first-order valence-electron chi connectivity index (χ1n) is 6.00. The molecule has 0 saturated heterocycles. The molecule has 102 valence electrons. The van der Waals surface area contributed by atoms with Gasteiger partial charge in [0.05, 0.1) is 0 Å². The number of hydrogen-bond donors (Lipinski definition) is 2. The summed E-state index contributed by atoms with van der Waals surface area (Å²) in [4.78, 5) is 11.9. The third-order valence-electron chi connectivity index (χ3n) is 2.70. The van der Waals surface area contributed by atoms with Gasteiger partial charge in [-0.25, -0.2) is 0 Å². The largest absolute Gasteiger partial charge is 0.332 e. The van der Waals surface area contributed by atoms with E-state index in [1.54, 1.807) is 12.1 Å². The molecule has 0 heterocycles. The van der Waals surface area contributed by atoms with Gasteiger partial charge in [-0.15, -0.1) is 0 Å². The number of aryl methyl sites for hydroxylation is 1. The van der Waals surface area contributed by atoms with Gasteiger partial charge in [0, 0.05) is 15.7 Å². The average molecular weight is 349 g/mol. The highest BCUT2D eigenvalue weighted by molar-refractivity contribution is 9.10. The minimum absolute atomic E-state index is 0.224. The maximum atomic E-state index is 11.9. The van der Waals surface area contributed by atoms with Gasteiger partial charge in [0.25, 0.3) is 5.91 Å². The van der Waals surface area contributed by atoms with E-state index in [1.165, 1.54) is 0 Å². The lowest BCUT2D eigenvalue weighted by atomic mass is 10.2. The average Bonchev–Trinajstić information content (AvgIpc) is 2.43. The summed E-state index contributed by atoms with van der Waals surface area (Å²) in [6, 6.07) is 14.8. The second-order valence-electron chi connectivity index (χ2n) is 4.23. The SMILES string of the molecule is Cc1cc(Br)ccc1NC(=S)NC(=O)c1ccccc1. The van der Waals surface area contributed by atoms with E-state index in [2.05, 4.69) is 26.6 Å². The molecule has 2 aromatic carbocycles.